The standard InChI is InChI=1S/C26H25N3O/c1-20-5-4-6-22(15-20)16-26(30)28-17-24-7-2-3-8-25(24)23-11-9-21(10-12-23)18-29-14-13-27-19-29/h2-15,19H,16-18H2,1H3,(H,28,30). The number of benzene rings is 3. The molecule has 0 atom stereocenters. The number of carbonyl (C=O) groups excluding carboxylic acids is 1. The second-order valence-electron chi connectivity index (χ2n) is 7.53. The summed E-state index contributed by atoms with van der Waals surface area (Å²) in [5, 5.41) is 3.07. The molecule has 0 bridgehead atoms. The Kier molecular flexibility index (Phi) is 6.04. The van der Waals surface area contributed by atoms with Crippen molar-refractivity contribution in [2.24, 2.45) is 0 Å². The fraction of sp³-hybridized carbons (Fsp3) is 0.154. The van der Waals surface area contributed by atoms with Crippen LogP contribution in [0, 0.1) is 6.92 Å². The van der Waals surface area contributed by atoms with Gasteiger partial charge in [0.1, 0.15) is 0 Å². The maximum absolute atomic E-state index is 12.4. The second-order valence-corrected chi connectivity index (χ2v) is 7.53. The van der Waals surface area contributed by atoms with Gasteiger partial charge in [-0.2, -0.15) is 0 Å². The molecule has 4 heteroatoms. The molecule has 4 aromatic rings. The number of imidazole rings is 1. The molecule has 0 aliphatic carbocycles. The highest BCUT2D eigenvalue weighted by Crippen LogP contribution is 2.24. The minimum atomic E-state index is 0.0334. The van der Waals surface area contributed by atoms with Gasteiger partial charge in [-0.25, -0.2) is 4.98 Å². The Labute approximate surface area is 177 Å². The SMILES string of the molecule is Cc1cccc(CC(=O)NCc2ccccc2-c2ccc(Cn3ccnc3)cc2)c1. The molecule has 4 rings (SSSR count). The number of amides is 1. The Morgan fingerprint density at radius 3 is 2.57 bits per heavy atom. The molecule has 150 valence electrons. The van der Waals surface area contributed by atoms with Crippen molar-refractivity contribution in [1.82, 2.24) is 14.9 Å². The Hall–Kier alpha value is -3.66. The van der Waals surface area contributed by atoms with E-state index in [-0.39, 0.29) is 5.91 Å². The number of rotatable bonds is 7. The van der Waals surface area contributed by atoms with E-state index in [0.29, 0.717) is 13.0 Å². The zero-order valence-electron chi connectivity index (χ0n) is 17.1. The van der Waals surface area contributed by atoms with Crippen LogP contribution in [0.3, 0.4) is 0 Å². The quantitative estimate of drug-likeness (QED) is 0.490. The van der Waals surface area contributed by atoms with Crippen LogP contribution in [-0.4, -0.2) is 15.5 Å². The van der Waals surface area contributed by atoms with E-state index in [2.05, 4.69) is 52.8 Å². The molecular formula is C26H25N3O. The van der Waals surface area contributed by atoms with E-state index >= 15 is 0 Å². The second kappa shape index (κ2) is 9.23. The van der Waals surface area contributed by atoms with E-state index in [1.165, 1.54) is 11.1 Å². The van der Waals surface area contributed by atoms with E-state index in [0.717, 1.165) is 28.8 Å². The highest BCUT2D eigenvalue weighted by Gasteiger charge is 2.08. The summed E-state index contributed by atoms with van der Waals surface area (Å²) in [6, 6.07) is 24.9. The Morgan fingerprint density at radius 2 is 1.80 bits per heavy atom. The number of nitrogens with zero attached hydrogens (tertiary/aromatic N) is 2. The third kappa shape index (κ3) is 5.03. The first-order chi connectivity index (χ1) is 14.7. The predicted octanol–water partition coefficient (Wildman–Crippen LogP) is 4.77. The van der Waals surface area contributed by atoms with Crippen LogP contribution < -0.4 is 5.32 Å². The molecule has 4 nitrogen and oxygen atoms in total. The van der Waals surface area contributed by atoms with Crippen LogP contribution in [-0.2, 0) is 24.3 Å². The largest absolute Gasteiger partial charge is 0.352 e. The lowest BCUT2D eigenvalue weighted by Gasteiger charge is -2.12. The maximum atomic E-state index is 12.4. The minimum absolute atomic E-state index is 0.0334. The molecule has 0 saturated heterocycles. The first-order valence-electron chi connectivity index (χ1n) is 10.1. The lowest BCUT2D eigenvalue weighted by molar-refractivity contribution is -0.120. The molecule has 0 fully saturated rings. The molecule has 1 aromatic heterocycles. The zero-order chi connectivity index (χ0) is 20.8. The lowest BCUT2D eigenvalue weighted by Crippen LogP contribution is -2.24. The normalized spacial score (nSPS) is 10.7. The molecule has 1 N–H and O–H groups in total. The molecule has 0 aliphatic heterocycles. The molecule has 0 aliphatic rings. The molecule has 1 heterocycles. The van der Waals surface area contributed by atoms with E-state index in [1.54, 1.807) is 6.20 Å². The fourth-order valence-corrected chi connectivity index (χ4v) is 3.60. The molecule has 30 heavy (non-hydrogen) atoms. The Balaban J connectivity index is 1.42. The van der Waals surface area contributed by atoms with Crippen molar-refractivity contribution in [2.45, 2.75) is 26.4 Å². The van der Waals surface area contributed by atoms with Gasteiger partial charge in [-0.05, 0) is 34.7 Å². The van der Waals surface area contributed by atoms with E-state index in [4.69, 9.17) is 0 Å². The Bertz CT molecular complexity index is 1120. The van der Waals surface area contributed by atoms with Crippen LogP contribution in [0.1, 0.15) is 22.3 Å². The third-order valence-electron chi connectivity index (χ3n) is 5.13. The van der Waals surface area contributed by atoms with Gasteiger partial charge in [0.2, 0.25) is 5.91 Å². The monoisotopic (exact) mass is 395 g/mol. The van der Waals surface area contributed by atoms with E-state index in [9.17, 15) is 4.79 Å². The van der Waals surface area contributed by atoms with Crippen LogP contribution in [0.15, 0.2) is 91.5 Å². The van der Waals surface area contributed by atoms with Crippen LogP contribution in [0.4, 0.5) is 0 Å². The zero-order valence-corrected chi connectivity index (χ0v) is 17.1. The molecular weight excluding hydrogens is 370 g/mol. The molecule has 0 saturated carbocycles. The highest BCUT2D eigenvalue weighted by molar-refractivity contribution is 5.79. The number of hydrogen-bond donors (Lipinski definition) is 1. The minimum Gasteiger partial charge on any atom is -0.352 e. The predicted molar refractivity (Wildman–Crippen MR) is 120 cm³/mol. The van der Waals surface area contributed by atoms with Crippen molar-refractivity contribution in [3.63, 3.8) is 0 Å². The van der Waals surface area contributed by atoms with Crippen molar-refractivity contribution in [1.29, 1.82) is 0 Å². The average Bonchev–Trinajstić information content (AvgIpc) is 3.26. The number of aryl methyl sites for hydroxylation is 1. The maximum Gasteiger partial charge on any atom is 0.224 e. The van der Waals surface area contributed by atoms with E-state index < -0.39 is 0 Å². The van der Waals surface area contributed by atoms with Gasteiger partial charge in [0.05, 0.1) is 12.7 Å². The molecule has 0 unspecified atom stereocenters. The van der Waals surface area contributed by atoms with Crippen molar-refractivity contribution >= 4 is 5.91 Å². The van der Waals surface area contributed by atoms with Crippen LogP contribution >= 0.6 is 0 Å². The number of nitrogens with one attached hydrogen (secondary N) is 1. The van der Waals surface area contributed by atoms with Gasteiger partial charge in [-0.3, -0.25) is 4.79 Å². The van der Waals surface area contributed by atoms with Crippen molar-refractivity contribution in [2.75, 3.05) is 0 Å². The van der Waals surface area contributed by atoms with Gasteiger partial charge in [-0.1, -0.05) is 78.4 Å². The Morgan fingerprint density at radius 1 is 0.967 bits per heavy atom. The van der Waals surface area contributed by atoms with Crippen molar-refractivity contribution < 1.29 is 4.79 Å². The van der Waals surface area contributed by atoms with Crippen LogP contribution in [0.5, 0.6) is 0 Å². The summed E-state index contributed by atoms with van der Waals surface area (Å²) in [5.41, 5.74) is 6.82. The summed E-state index contributed by atoms with van der Waals surface area (Å²) >= 11 is 0. The fourth-order valence-electron chi connectivity index (χ4n) is 3.60. The summed E-state index contributed by atoms with van der Waals surface area (Å²) in [4.78, 5) is 16.5. The van der Waals surface area contributed by atoms with Gasteiger partial charge in [0.25, 0.3) is 0 Å². The van der Waals surface area contributed by atoms with Gasteiger partial charge >= 0.3 is 0 Å². The molecule has 0 spiro atoms. The number of carbonyl (C=O) groups is 1. The first kappa shape index (κ1) is 19.6. The van der Waals surface area contributed by atoms with Crippen molar-refractivity contribution in [3.8, 4) is 11.1 Å². The topological polar surface area (TPSA) is 46.9 Å². The number of hydrogen-bond acceptors (Lipinski definition) is 2. The summed E-state index contributed by atoms with van der Waals surface area (Å²) in [6.45, 7) is 3.35. The van der Waals surface area contributed by atoms with Crippen LogP contribution in [0.2, 0.25) is 0 Å². The summed E-state index contributed by atoms with van der Waals surface area (Å²) in [7, 11) is 0. The highest BCUT2D eigenvalue weighted by atomic mass is 16.1. The van der Waals surface area contributed by atoms with Gasteiger partial charge in [0, 0.05) is 25.5 Å². The number of aromatic nitrogens is 2. The van der Waals surface area contributed by atoms with Crippen molar-refractivity contribution in [3.05, 3.63) is 114 Å². The van der Waals surface area contributed by atoms with Gasteiger partial charge in [0.15, 0.2) is 0 Å². The summed E-state index contributed by atoms with van der Waals surface area (Å²) < 4.78 is 2.05. The summed E-state index contributed by atoms with van der Waals surface area (Å²) in [6.07, 6.45) is 5.97. The molecule has 3 aromatic carbocycles. The lowest BCUT2D eigenvalue weighted by atomic mass is 9.98. The molecule has 0 radical (unpaired) electrons. The first-order valence-corrected chi connectivity index (χ1v) is 10.1. The smallest absolute Gasteiger partial charge is 0.224 e. The van der Waals surface area contributed by atoms with Crippen LogP contribution in [0.25, 0.3) is 11.1 Å². The van der Waals surface area contributed by atoms with E-state index in [1.807, 2.05) is 54.3 Å². The molecule has 1 amide bonds. The third-order valence-corrected chi connectivity index (χ3v) is 5.13. The average molecular weight is 396 g/mol. The van der Waals surface area contributed by atoms with Gasteiger partial charge < -0.3 is 9.88 Å². The van der Waals surface area contributed by atoms with Gasteiger partial charge in [-0.15, -0.1) is 0 Å². The summed E-state index contributed by atoms with van der Waals surface area (Å²) in [5.74, 6) is 0.0334.